The molecule has 1 aliphatic carbocycles. The summed E-state index contributed by atoms with van der Waals surface area (Å²) in [5.41, 5.74) is 0.917. The lowest BCUT2D eigenvalue weighted by Crippen LogP contribution is -2.15. The second-order valence-electron chi connectivity index (χ2n) is 9.01. The van der Waals surface area contributed by atoms with Crippen LogP contribution in [0.15, 0.2) is 23.5 Å². The Hall–Kier alpha value is -1.70. The normalized spacial score (nSPS) is 19.4. The summed E-state index contributed by atoms with van der Waals surface area (Å²) in [6.07, 6.45) is 12.9. The molecule has 0 radical (unpaired) electrons. The van der Waals surface area contributed by atoms with Crippen molar-refractivity contribution in [3.63, 3.8) is 0 Å². The number of hydrogen-bond acceptors (Lipinski definition) is 6. The molecular formula is C26H44O7. The van der Waals surface area contributed by atoms with Crippen molar-refractivity contribution in [1.29, 1.82) is 0 Å². The first-order valence-electron chi connectivity index (χ1n) is 12.7. The number of hydrogen-bond donors (Lipinski definition) is 4. The monoisotopic (exact) mass is 468 g/mol. The molecule has 0 bridgehead atoms. The van der Waals surface area contributed by atoms with Gasteiger partial charge in [0.25, 0.3) is 0 Å². The van der Waals surface area contributed by atoms with E-state index in [0.717, 1.165) is 56.9 Å². The predicted octanol–water partition coefficient (Wildman–Crippen LogP) is 4.64. The van der Waals surface area contributed by atoms with Crippen LogP contribution in [0.4, 0.5) is 0 Å². The van der Waals surface area contributed by atoms with Crippen LogP contribution in [0.2, 0.25) is 0 Å². The topological polar surface area (TPSA) is 124 Å². The number of carbonyl (C=O) groups excluding carboxylic acids is 1. The molecule has 0 unspecified atom stereocenters. The fraction of sp³-hybridized carbons (Fsp3) is 0.769. The lowest BCUT2D eigenvalue weighted by atomic mass is 9.93. The van der Waals surface area contributed by atoms with Gasteiger partial charge in [-0.25, -0.2) is 0 Å². The summed E-state index contributed by atoms with van der Waals surface area (Å²) in [6, 6.07) is 0. The Morgan fingerprint density at radius 1 is 1.03 bits per heavy atom. The third kappa shape index (κ3) is 12.9. The van der Waals surface area contributed by atoms with Gasteiger partial charge in [0, 0.05) is 31.8 Å². The zero-order chi connectivity index (χ0) is 24.5. The second kappa shape index (κ2) is 17.7. The third-order valence-corrected chi connectivity index (χ3v) is 6.08. The minimum absolute atomic E-state index is 0.0314. The van der Waals surface area contributed by atoms with Crippen molar-refractivity contribution >= 4 is 11.9 Å². The second-order valence-corrected chi connectivity index (χ2v) is 9.01. The summed E-state index contributed by atoms with van der Waals surface area (Å²) in [5, 5.41) is 38.5. The van der Waals surface area contributed by atoms with Gasteiger partial charge < -0.3 is 25.2 Å². The molecule has 0 aromatic rings. The average molecular weight is 469 g/mol. The van der Waals surface area contributed by atoms with Crippen molar-refractivity contribution in [2.45, 2.75) is 115 Å². The van der Waals surface area contributed by atoms with Crippen LogP contribution in [0.1, 0.15) is 103 Å². The minimum Gasteiger partial charge on any atom is -0.481 e. The van der Waals surface area contributed by atoms with Crippen LogP contribution in [0.5, 0.6) is 0 Å². The molecule has 1 aliphatic rings. The van der Waals surface area contributed by atoms with E-state index in [1.165, 1.54) is 0 Å². The standard InChI is InChI=1S/C26H44O7/c1-2-3-7-12-20(28)16-17-21-22(13-8-5-4-6-11-18-27)24(19-23(21)29)33-26(32)15-10-9-14-25(30)31/h16-17,20-21,23,27-29H,2-15,18-19H2,1H3,(H,30,31)/b17-16+/t20-,21+,23+/m0/s1. The van der Waals surface area contributed by atoms with Gasteiger partial charge in [0.2, 0.25) is 0 Å². The molecule has 7 heteroatoms. The molecule has 3 atom stereocenters. The highest BCUT2D eigenvalue weighted by Gasteiger charge is 2.33. The number of rotatable bonds is 19. The van der Waals surface area contributed by atoms with Crippen molar-refractivity contribution in [2.75, 3.05) is 6.61 Å². The fourth-order valence-electron chi connectivity index (χ4n) is 4.16. The van der Waals surface area contributed by atoms with E-state index >= 15 is 0 Å². The predicted molar refractivity (Wildman–Crippen MR) is 127 cm³/mol. The summed E-state index contributed by atoms with van der Waals surface area (Å²) in [5.74, 6) is -1.03. The molecule has 0 fully saturated rings. The molecule has 0 heterocycles. The van der Waals surface area contributed by atoms with Gasteiger partial charge in [-0.1, -0.05) is 57.6 Å². The van der Waals surface area contributed by atoms with Crippen LogP contribution in [0.25, 0.3) is 0 Å². The first kappa shape index (κ1) is 29.3. The number of unbranched alkanes of at least 4 members (excludes halogenated alkanes) is 7. The molecule has 190 valence electrons. The van der Waals surface area contributed by atoms with Crippen LogP contribution in [0.3, 0.4) is 0 Å². The number of ether oxygens (including phenoxy) is 1. The lowest BCUT2D eigenvalue weighted by molar-refractivity contribution is -0.141. The largest absolute Gasteiger partial charge is 0.481 e. The molecule has 0 saturated carbocycles. The van der Waals surface area contributed by atoms with E-state index in [-0.39, 0.29) is 31.8 Å². The minimum atomic E-state index is -0.877. The lowest BCUT2D eigenvalue weighted by Gasteiger charge is -2.16. The quantitative estimate of drug-likeness (QED) is 0.124. The van der Waals surface area contributed by atoms with Gasteiger partial charge in [0.15, 0.2) is 0 Å². The van der Waals surface area contributed by atoms with E-state index in [2.05, 4.69) is 6.92 Å². The molecule has 33 heavy (non-hydrogen) atoms. The summed E-state index contributed by atoms with van der Waals surface area (Å²) >= 11 is 0. The van der Waals surface area contributed by atoms with E-state index in [1.54, 1.807) is 6.08 Å². The fourth-order valence-corrected chi connectivity index (χ4v) is 4.16. The summed E-state index contributed by atoms with van der Waals surface area (Å²) in [7, 11) is 0. The first-order valence-corrected chi connectivity index (χ1v) is 12.7. The number of aliphatic hydroxyl groups excluding tert-OH is 3. The number of carboxylic acids is 1. The van der Waals surface area contributed by atoms with E-state index in [1.807, 2.05) is 6.08 Å². The van der Waals surface area contributed by atoms with Gasteiger partial charge in [0.05, 0.1) is 12.2 Å². The van der Waals surface area contributed by atoms with E-state index in [9.17, 15) is 19.8 Å². The molecular weight excluding hydrogens is 424 g/mol. The molecule has 0 aliphatic heterocycles. The molecule has 0 saturated heterocycles. The highest BCUT2D eigenvalue weighted by atomic mass is 16.5. The third-order valence-electron chi connectivity index (χ3n) is 6.08. The Morgan fingerprint density at radius 2 is 1.73 bits per heavy atom. The molecule has 0 aromatic carbocycles. The van der Waals surface area contributed by atoms with Gasteiger partial charge in [-0.2, -0.15) is 0 Å². The molecule has 0 aromatic heterocycles. The van der Waals surface area contributed by atoms with Gasteiger partial charge in [0.1, 0.15) is 5.76 Å². The van der Waals surface area contributed by atoms with Crippen LogP contribution in [-0.4, -0.2) is 51.2 Å². The maximum absolute atomic E-state index is 12.3. The van der Waals surface area contributed by atoms with Crippen molar-refractivity contribution in [2.24, 2.45) is 5.92 Å². The Balaban J connectivity index is 2.75. The Bertz CT molecular complexity index is 626. The van der Waals surface area contributed by atoms with Gasteiger partial charge in [-0.3, -0.25) is 9.59 Å². The first-order chi connectivity index (χ1) is 15.9. The van der Waals surface area contributed by atoms with E-state index in [0.29, 0.717) is 31.4 Å². The molecule has 0 amide bonds. The number of carbonyl (C=O) groups is 2. The molecule has 1 rings (SSSR count). The maximum atomic E-state index is 12.3. The Morgan fingerprint density at radius 3 is 2.42 bits per heavy atom. The van der Waals surface area contributed by atoms with Crippen LogP contribution in [-0.2, 0) is 14.3 Å². The SMILES string of the molecule is CCCCC[C@H](O)/C=C/[C@@H]1C(CCCCCCCO)=C(OC(=O)CCCCC(=O)O)C[C@H]1O. The highest BCUT2D eigenvalue weighted by Crippen LogP contribution is 2.37. The highest BCUT2D eigenvalue weighted by molar-refractivity contribution is 5.71. The van der Waals surface area contributed by atoms with Crippen LogP contribution < -0.4 is 0 Å². The van der Waals surface area contributed by atoms with Crippen molar-refractivity contribution < 1.29 is 34.8 Å². The summed E-state index contributed by atoms with van der Waals surface area (Å²) in [4.78, 5) is 22.9. The Labute approximate surface area is 198 Å². The number of carboxylic acid groups (broad SMARTS) is 1. The van der Waals surface area contributed by atoms with Crippen molar-refractivity contribution in [3.05, 3.63) is 23.5 Å². The Kier molecular flexibility index (Phi) is 15.8. The number of esters is 1. The molecule has 4 N–H and O–H groups in total. The average Bonchev–Trinajstić information content (AvgIpc) is 3.06. The van der Waals surface area contributed by atoms with Crippen LogP contribution in [0, 0.1) is 5.92 Å². The summed E-state index contributed by atoms with van der Waals surface area (Å²) in [6.45, 7) is 2.32. The van der Waals surface area contributed by atoms with Crippen molar-refractivity contribution in [1.82, 2.24) is 0 Å². The van der Waals surface area contributed by atoms with Crippen molar-refractivity contribution in [3.8, 4) is 0 Å². The number of aliphatic carboxylic acids is 1. The molecule has 0 spiro atoms. The van der Waals surface area contributed by atoms with E-state index in [4.69, 9.17) is 14.9 Å². The van der Waals surface area contributed by atoms with Gasteiger partial charge >= 0.3 is 11.9 Å². The maximum Gasteiger partial charge on any atom is 0.310 e. The molecule has 7 nitrogen and oxygen atoms in total. The smallest absolute Gasteiger partial charge is 0.310 e. The van der Waals surface area contributed by atoms with Gasteiger partial charge in [-0.05, 0) is 44.1 Å². The van der Waals surface area contributed by atoms with Gasteiger partial charge in [-0.15, -0.1) is 0 Å². The zero-order valence-corrected chi connectivity index (χ0v) is 20.2. The number of aliphatic hydroxyl groups is 3. The zero-order valence-electron chi connectivity index (χ0n) is 20.2. The summed E-state index contributed by atoms with van der Waals surface area (Å²) < 4.78 is 5.62. The van der Waals surface area contributed by atoms with E-state index < -0.39 is 24.1 Å². The van der Waals surface area contributed by atoms with Crippen LogP contribution >= 0.6 is 0 Å².